The van der Waals surface area contributed by atoms with Crippen LogP contribution in [0.15, 0.2) is 11.6 Å². The summed E-state index contributed by atoms with van der Waals surface area (Å²) in [6.07, 6.45) is 13.3. The highest BCUT2D eigenvalue weighted by atomic mass is 31.2. The van der Waals surface area contributed by atoms with E-state index in [9.17, 15) is 19.4 Å². The second-order valence-corrected chi connectivity index (χ2v) is 18.6. The smallest absolute Gasteiger partial charge is 0.508 e. The number of quaternary nitrogens is 1. The van der Waals surface area contributed by atoms with Gasteiger partial charge in [0.1, 0.15) is 32.0 Å². The van der Waals surface area contributed by atoms with Crippen molar-refractivity contribution in [2.75, 3.05) is 47.5 Å². The Balaban J connectivity index is 0.00000600. The van der Waals surface area contributed by atoms with Gasteiger partial charge in [0.2, 0.25) is 0 Å². The normalized spacial score (nSPS) is 34.5. The minimum Gasteiger partial charge on any atom is -0.870 e. The van der Waals surface area contributed by atoms with Gasteiger partial charge in [-0.1, -0.05) is 65.5 Å². The maximum absolute atomic E-state index is 12.5. The maximum atomic E-state index is 12.5. The summed E-state index contributed by atoms with van der Waals surface area (Å²) in [5.41, 5.74) is 2.07. The first kappa shape index (κ1) is 40.4. The van der Waals surface area contributed by atoms with Crippen LogP contribution in [0.1, 0.15) is 105 Å². The Hall–Kier alpha value is -1.00. The molecule has 0 spiro atoms. The summed E-state index contributed by atoms with van der Waals surface area (Å²) >= 11 is 0. The molecule has 2 unspecified atom stereocenters. The number of hydrogen-bond acceptors (Lipinski definition) is 8. The molecule has 10 atom stereocenters. The van der Waals surface area contributed by atoms with Gasteiger partial charge < -0.3 is 29.4 Å². The highest BCUT2D eigenvalue weighted by molar-refractivity contribution is 7.47. The number of carbonyl (C=O) groups excluding carboxylic acids is 1. The fraction of sp³-hybridized carbons (Fsp3) is 0.917. The Labute approximate surface area is 284 Å². The van der Waals surface area contributed by atoms with Gasteiger partial charge in [-0.2, -0.15) is 0 Å². The van der Waals surface area contributed by atoms with Gasteiger partial charge in [-0.25, -0.2) is 9.36 Å². The van der Waals surface area contributed by atoms with Crippen LogP contribution in [0.5, 0.6) is 0 Å². The van der Waals surface area contributed by atoms with Crippen LogP contribution in [0, 0.1) is 46.3 Å². The van der Waals surface area contributed by atoms with Crippen LogP contribution in [0.3, 0.4) is 0 Å². The van der Waals surface area contributed by atoms with E-state index in [1.807, 2.05) is 21.1 Å². The molecule has 4 aliphatic carbocycles. The molecule has 10 nitrogen and oxygen atoms in total. The van der Waals surface area contributed by atoms with Gasteiger partial charge in [0.25, 0.3) is 0 Å². The Morgan fingerprint density at radius 2 is 1.74 bits per heavy atom. The molecule has 11 heteroatoms. The summed E-state index contributed by atoms with van der Waals surface area (Å²) in [7, 11) is 1.50. The van der Waals surface area contributed by atoms with E-state index in [4.69, 9.17) is 18.5 Å². The van der Waals surface area contributed by atoms with Crippen molar-refractivity contribution in [3.63, 3.8) is 0 Å². The van der Waals surface area contributed by atoms with Crippen molar-refractivity contribution in [1.82, 2.24) is 0 Å². The third-order valence-corrected chi connectivity index (χ3v) is 13.3. The number of rotatable bonds is 15. The first-order chi connectivity index (χ1) is 21.4. The Bertz CT molecular complexity index is 1110. The van der Waals surface area contributed by atoms with Crippen molar-refractivity contribution < 1.29 is 47.8 Å². The average molecular weight is 688 g/mol. The average Bonchev–Trinajstić information content (AvgIpc) is 3.31. The zero-order valence-corrected chi connectivity index (χ0v) is 31.4. The van der Waals surface area contributed by atoms with Crippen LogP contribution < -0.4 is 0 Å². The van der Waals surface area contributed by atoms with Gasteiger partial charge in [-0.3, -0.25) is 9.05 Å². The minimum atomic E-state index is -4.31. The number of likely N-dealkylation sites (N-methyl/N-ethyl adjacent to an activating group) is 1. The highest BCUT2D eigenvalue weighted by Crippen LogP contribution is 2.67. The fourth-order valence-electron chi connectivity index (χ4n) is 9.78. The van der Waals surface area contributed by atoms with Crippen molar-refractivity contribution in [2.24, 2.45) is 46.3 Å². The molecule has 0 aromatic rings. The molecule has 0 bridgehead atoms. The minimum absolute atomic E-state index is 0. The van der Waals surface area contributed by atoms with Crippen LogP contribution >= 0.6 is 7.82 Å². The van der Waals surface area contributed by atoms with E-state index in [0.717, 1.165) is 55.3 Å². The van der Waals surface area contributed by atoms with Crippen molar-refractivity contribution in [2.45, 2.75) is 117 Å². The molecule has 0 radical (unpaired) electrons. The van der Waals surface area contributed by atoms with E-state index >= 15 is 0 Å². The molecule has 3 saturated carbocycles. The quantitative estimate of drug-likeness (QED) is 0.0771. The molecule has 47 heavy (non-hydrogen) atoms. The van der Waals surface area contributed by atoms with Gasteiger partial charge >= 0.3 is 14.0 Å². The second-order valence-electron chi connectivity index (χ2n) is 17.1. The number of phosphoric ester groups is 1. The lowest BCUT2D eigenvalue weighted by atomic mass is 9.47. The summed E-state index contributed by atoms with van der Waals surface area (Å²) in [4.78, 5) is 22.3. The van der Waals surface area contributed by atoms with Crippen LogP contribution in [-0.4, -0.2) is 85.8 Å². The summed E-state index contributed by atoms with van der Waals surface area (Å²) in [6, 6.07) is 0. The zero-order chi connectivity index (χ0) is 33.9. The number of fused-ring (bicyclic) bond motifs is 5. The molecule has 274 valence electrons. The molecule has 0 aromatic carbocycles. The third-order valence-electron chi connectivity index (χ3n) is 12.4. The lowest BCUT2D eigenvalue weighted by molar-refractivity contribution is -0.870. The number of phosphoric acid groups is 1. The molecule has 4 aliphatic rings. The van der Waals surface area contributed by atoms with Crippen LogP contribution in [0.25, 0.3) is 0 Å². The largest absolute Gasteiger partial charge is 0.870 e. The van der Waals surface area contributed by atoms with Gasteiger partial charge in [0.05, 0.1) is 27.7 Å². The summed E-state index contributed by atoms with van der Waals surface area (Å²) in [5, 5.41) is 10.1. The molecule has 0 heterocycles. The molecular weight excluding hydrogens is 621 g/mol. The van der Waals surface area contributed by atoms with Crippen LogP contribution in [0.2, 0.25) is 0 Å². The number of ether oxygens (including phenoxy) is 2. The maximum Gasteiger partial charge on any atom is 0.508 e. The van der Waals surface area contributed by atoms with Gasteiger partial charge in [0, 0.05) is 6.42 Å². The second kappa shape index (κ2) is 16.3. The number of nitrogens with zero attached hydrogens (tertiary/aromatic N) is 1. The topological polar surface area (TPSA) is 142 Å². The molecule has 0 amide bonds. The Morgan fingerprint density at radius 1 is 1.02 bits per heavy atom. The summed E-state index contributed by atoms with van der Waals surface area (Å²) in [6.45, 7) is 12.0. The highest BCUT2D eigenvalue weighted by Gasteiger charge is 2.59. The zero-order valence-electron chi connectivity index (χ0n) is 30.5. The molecule has 4 rings (SSSR count). The lowest BCUT2D eigenvalue weighted by Crippen LogP contribution is -2.51. The standard InChI is InChI=1S/C36H64NO8P.H2O/c1-25(2)10-9-11-26(3)31-14-15-32-30-13-12-27-22-29(16-18-35(27,4)33(30)17-19-36(31,32)5)45-34(39)42-23-28(38)24-44-46(40,41)43-21-20-37(6,7)8;/h12,25-26,28-33,38H,9-11,13-24H2,1-8H3;1H2/t26-,28?,29+,30+,31-,32+,33+,35+,36-;/m1./s1. The van der Waals surface area contributed by atoms with Crippen molar-refractivity contribution in [1.29, 1.82) is 0 Å². The molecule has 3 N–H and O–H groups in total. The monoisotopic (exact) mass is 687 g/mol. The Morgan fingerprint density at radius 3 is 2.43 bits per heavy atom. The van der Waals surface area contributed by atoms with Crippen molar-refractivity contribution >= 4 is 14.0 Å². The van der Waals surface area contributed by atoms with Crippen LogP contribution in [0.4, 0.5) is 4.79 Å². The van der Waals surface area contributed by atoms with E-state index in [1.54, 1.807) is 0 Å². The fourth-order valence-corrected chi connectivity index (χ4v) is 10.5. The number of aliphatic hydroxyl groups is 1. The number of hydrogen-bond donors (Lipinski definition) is 2. The number of aliphatic hydroxyl groups excluding tert-OH is 1. The van der Waals surface area contributed by atoms with Gasteiger partial charge in [-0.05, 0) is 91.3 Å². The summed E-state index contributed by atoms with van der Waals surface area (Å²) in [5.74, 6) is 4.72. The first-order valence-electron chi connectivity index (χ1n) is 18.1. The lowest BCUT2D eigenvalue weighted by Gasteiger charge is -2.58. The van der Waals surface area contributed by atoms with E-state index in [2.05, 4.69) is 40.7 Å². The Kier molecular flexibility index (Phi) is 14.1. The number of carbonyl (C=O) groups is 1. The van der Waals surface area contributed by atoms with E-state index < -0.39 is 33.3 Å². The molecule has 0 aliphatic heterocycles. The predicted octanol–water partition coefficient (Wildman–Crippen LogP) is 7.57. The molecule has 0 aromatic heterocycles. The van der Waals surface area contributed by atoms with Crippen molar-refractivity contribution in [3.05, 3.63) is 11.6 Å². The van der Waals surface area contributed by atoms with Crippen LogP contribution in [-0.2, 0) is 23.1 Å². The molecular formula is C36H66NO9P. The van der Waals surface area contributed by atoms with Gasteiger partial charge in [0.15, 0.2) is 0 Å². The van der Waals surface area contributed by atoms with E-state index in [-0.39, 0.29) is 23.6 Å². The molecule has 3 fully saturated rings. The SMILES string of the molecule is CC(C)CCC[C@@H](C)[C@H]1CC[C@H]2[C@@H]3CC=C4C[C@@H](OC(=O)OCC(O)COP(=O)(O)OCC[N+](C)(C)C)CC[C@]4(C)[C@H]3CC[C@]12C.[OH-]. The van der Waals surface area contributed by atoms with Crippen molar-refractivity contribution in [3.8, 4) is 0 Å². The first-order valence-corrected chi connectivity index (χ1v) is 19.6. The van der Waals surface area contributed by atoms with Gasteiger partial charge in [-0.15, -0.1) is 0 Å². The predicted molar refractivity (Wildman–Crippen MR) is 182 cm³/mol. The number of allylic oxidation sites excluding steroid dienone is 1. The van der Waals surface area contributed by atoms with E-state index in [0.29, 0.717) is 22.4 Å². The molecule has 0 saturated heterocycles. The van der Waals surface area contributed by atoms with E-state index in [1.165, 1.54) is 50.5 Å². The third kappa shape index (κ3) is 10.3. The summed E-state index contributed by atoms with van der Waals surface area (Å²) < 4.78 is 33.3.